The molecule has 0 bridgehead atoms. The van der Waals surface area contributed by atoms with E-state index in [0.29, 0.717) is 18.1 Å². The number of ether oxygens (including phenoxy) is 1. The first kappa shape index (κ1) is 12.7. The van der Waals surface area contributed by atoms with Crippen molar-refractivity contribution in [2.45, 2.75) is 11.8 Å². The van der Waals surface area contributed by atoms with E-state index >= 15 is 0 Å². The summed E-state index contributed by atoms with van der Waals surface area (Å²) in [5.41, 5.74) is 1.19. The maximum absolute atomic E-state index is 12.5. The SMILES string of the molecule is C=C1OCCN(S(=O)(=O)c2cccc(C)c2)C1=C. The van der Waals surface area contributed by atoms with Crippen molar-refractivity contribution in [3.63, 3.8) is 0 Å². The zero-order valence-electron chi connectivity index (χ0n) is 10.2. The fourth-order valence-electron chi connectivity index (χ4n) is 1.78. The molecule has 0 saturated carbocycles. The molecule has 96 valence electrons. The van der Waals surface area contributed by atoms with Crippen LogP contribution in [0.15, 0.2) is 53.8 Å². The second-order valence-corrected chi connectivity index (χ2v) is 5.97. The van der Waals surface area contributed by atoms with Crippen molar-refractivity contribution in [2.75, 3.05) is 13.2 Å². The fraction of sp³-hybridized carbons (Fsp3) is 0.231. The smallest absolute Gasteiger partial charge is 0.264 e. The van der Waals surface area contributed by atoms with Crippen LogP contribution in [0.1, 0.15) is 5.56 Å². The van der Waals surface area contributed by atoms with Crippen molar-refractivity contribution in [1.29, 1.82) is 0 Å². The van der Waals surface area contributed by atoms with Crippen molar-refractivity contribution in [3.05, 3.63) is 54.4 Å². The Hall–Kier alpha value is -1.75. The molecule has 18 heavy (non-hydrogen) atoms. The Kier molecular flexibility index (Phi) is 3.17. The summed E-state index contributed by atoms with van der Waals surface area (Å²) in [6, 6.07) is 6.79. The molecule has 0 radical (unpaired) electrons. The van der Waals surface area contributed by atoms with Gasteiger partial charge in [-0.05, 0) is 24.6 Å². The van der Waals surface area contributed by atoms with Crippen LogP contribution in [-0.4, -0.2) is 25.9 Å². The maximum atomic E-state index is 12.5. The van der Waals surface area contributed by atoms with Gasteiger partial charge in [0.25, 0.3) is 10.0 Å². The van der Waals surface area contributed by atoms with Crippen LogP contribution in [0, 0.1) is 6.92 Å². The lowest BCUT2D eigenvalue weighted by atomic mass is 10.2. The molecule has 1 aliphatic heterocycles. The Labute approximate surface area is 107 Å². The first-order valence-corrected chi connectivity index (χ1v) is 6.97. The summed E-state index contributed by atoms with van der Waals surface area (Å²) in [5.74, 6) is 0.303. The molecular formula is C13H15NO3S. The van der Waals surface area contributed by atoms with Crippen LogP contribution in [0.25, 0.3) is 0 Å². The van der Waals surface area contributed by atoms with Crippen molar-refractivity contribution < 1.29 is 13.2 Å². The largest absolute Gasteiger partial charge is 0.490 e. The topological polar surface area (TPSA) is 46.6 Å². The number of nitrogens with zero attached hydrogens (tertiary/aromatic N) is 1. The summed E-state index contributed by atoms with van der Waals surface area (Å²) in [6.45, 7) is 9.76. The normalized spacial score (nSPS) is 16.6. The molecule has 1 aromatic rings. The zero-order chi connectivity index (χ0) is 13.3. The van der Waals surface area contributed by atoms with E-state index in [0.717, 1.165) is 5.56 Å². The molecule has 2 rings (SSSR count). The van der Waals surface area contributed by atoms with Crippen LogP contribution in [0.2, 0.25) is 0 Å². The van der Waals surface area contributed by atoms with Crippen LogP contribution < -0.4 is 0 Å². The number of aryl methyl sites for hydroxylation is 1. The van der Waals surface area contributed by atoms with Gasteiger partial charge >= 0.3 is 0 Å². The van der Waals surface area contributed by atoms with E-state index in [-0.39, 0.29) is 11.4 Å². The minimum atomic E-state index is -3.57. The highest BCUT2D eigenvalue weighted by molar-refractivity contribution is 7.89. The number of rotatable bonds is 2. The van der Waals surface area contributed by atoms with Gasteiger partial charge in [0.1, 0.15) is 12.4 Å². The standard InChI is InChI=1S/C13H15NO3S/c1-10-5-4-6-13(9-10)18(15,16)14-7-8-17-12(3)11(14)2/h4-6,9H,2-3,7-8H2,1H3. The summed E-state index contributed by atoms with van der Waals surface area (Å²) < 4.78 is 31.3. The lowest BCUT2D eigenvalue weighted by Crippen LogP contribution is -2.37. The minimum absolute atomic E-state index is 0.258. The van der Waals surface area contributed by atoms with Crippen LogP contribution in [0.5, 0.6) is 0 Å². The molecular weight excluding hydrogens is 250 g/mol. The van der Waals surface area contributed by atoms with Crippen LogP contribution >= 0.6 is 0 Å². The van der Waals surface area contributed by atoms with Gasteiger partial charge < -0.3 is 4.74 Å². The molecule has 0 N–H and O–H groups in total. The van der Waals surface area contributed by atoms with Crippen molar-refractivity contribution in [1.82, 2.24) is 4.31 Å². The van der Waals surface area contributed by atoms with Crippen molar-refractivity contribution in [2.24, 2.45) is 0 Å². The quantitative estimate of drug-likeness (QED) is 0.822. The molecule has 0 aliphatic carbocycles. The Morgan fingerprint density at radius 2 is 2.06 bits per heavy atom. The third-order valence-electron chi connectivity index (χ3n) is 2.77. The summed E-state index contributed by atoms with van der Waals surface area (Å²) in [7, 11) is -3.57. The van der Waals surface area contributed by atoms with Gasteiger partial charge in [-0.15, -0.1) is 0 Å². The highest BCUT2D eigenvalue weighted by Gasteiger charge is 2.30. The zero-order valence-corrected chi connectivity index (χ0v) is 11.0. The van der Waals surface area contributed by atoms with Gasteiger partial charge in [0.05, 0.1) is 17.1 Å². The second kappa shape index (κ2) is 4.49. The summed E-state index contributed by atoms with van der Waals surface area (Å²) in [6.07, 6.45) is 0. The van der Waals surface area contributed by atoms with Crippen LogP contribution in [0.3, 0.4) is 0 Å². The number of morpholine rings is 1. The molecule has 0 unspecified atom stereocenters. The predicted molar refractivity (Wildman–Crippen MR) is 69.3 cm³/mol. The van der Waals surface area contributed by atoms with E-state index in [1.54, 1.807) is 18.2 Å². The van der Waals surface area contributed by atoms with Gasteiger partial charge in [0.2, 0.25) is 0 Å². The molecule has 5 heteroatoms. The Balaban J connectivity index is 2.42. The van der Waals surface area contributed by atoms with Crippen LogP contribution in [0.4, 0.5) is 0 Å². The summed E-state index contributed by atoms with van der Waals surface area (Å²) in [5, 5.41) is 0. The Bertz CT molecular complexity index is 604. The van der Waals surface area contributed by atoms with Gasteiger partial charge in [0, 0.05) is 0 Å². The number of benzene rings is 1. The molecule has 1 aliphatic rings. The van der Waals surface area contributed by atoms with Crippen molar-refractivity contribution >= 4 is 10.0 Å². The highest BCUT2D eigenvalue weighted by Crippen LogP contribution is 2.26. The molecule has 0 amide bonds. The third-order valence-corrected chi connectivity index (χ3v) is 4.60. The van der Waals surface area contributed by atoms with E-state index in [1.165, 1.54) is 4.31 Å². The first-order chi connectivity index (χ1) is 8.43. The lowest BCUT2D eigenvalue weighted by Gasteiger charge is -2.31. The predicted octanol–water partition coefficient (Wildman–Crippen LogP) is 2.04. The Morgan fingerprint density at radius 1 is 1.33 bits per heavy atom. The molecule has 4 nitrogen and oxygen atoms in total. The molecule has 1 saturated heterocycles. The monoisotopic (exact) mass is 265 g/mol. The fourth-order valence-corrected chi connectivity index (χ4v) is 3.32. The summed E-state index contributed by atoms with van der Waals surface area (Å²) >= 11 is 0. The molecule has 0 atom stereocenters. The van der Waals surface area contributed by atoms with E-state index in [1.807, 2.05) is 13.0 Å². The highest BCUT2D eigenvalue weighted by atomic mass is 32.2. The van der Waals surface area contributed by atoms with Crippen molar-refractivity contribution in [3.8, 4) is 0 Å². The maximum Gasteiger partial charge on any atom is 0.264 e. The molecule has 1 aromatic carbocycles. The number of sulfonamides is 1. The van der Waals surface area contributed by atoms with Gasteiger partial charge in [-0.3, -0.25) is 4.31 Å². The minimum Gasteiger partial charge on any atom is -0.490 e. The Morgan fingerprint density at radius 3 is 2.72 bits per heavy atom. The molecule has 0 spiro atoms. The van der Waals surface area contributed by atoms with Gasteiger partial charge in [-0.2, -0.15) is 0 Å². The number of hydrogen-bond donors (Lipinski definition) is 0. The van der Waals surface area contributed by atoms with Crippen LogP contribution in [-0.2, 0) is 14.8 Å². The van der Waals surface area contributed by atoms with Gasteiger partial charge in [-0.25, -0.2) is 8.42 Å². The van der Waals surface area contributed by atoms with E-state index in [4.69, 9.17) is 4.74 Å². The average molecular weight is 265 g/mol. The molecule has 1 heterocycles. The van der Waals surface area contributed by atoms with E-state index < -0.39 is 10.0 Å². The number of hydrogen-bond acceptors (Lipinski definition) is 3. The molecule has 1 fully saturated rings. The molecule has 0 aromatic heterocycles. The lowest BCUT2D eigenvalue weighted by molar-refractivity contribution is 0.166. The van der Waals surface area contributed by atoms with Gasteiger partial charge in [0.15, 0.2) is 0 Å². The van der Waals surface area contributed by atoms with E-state index in [9.17, 15) is 8.42 Å². The second-order valence-electron chi connectivity index (χ2n) is 4.11. The third kappa shape index (κ3) is 2.13. The van der Waals surface area contributed by atoms with E-state index in [2.05, 4.69) is 13.2 Å². The average Bonchev–Trinajstić information content (AvgIpc) is 2.32. The summed E-state index contributed by atoms with van der Waals surface area (Å²) in [4.78, 5) is 0.262. The van der Waals surface area contributed by atoms with Gasteiger partial charge in [-0.1, -0.05) is 25.3 Å². The first-order valence-electron chi connectivity index (χ1n) is 5.53.